The van der Waals surface area contributed by atoms with Gasteiger partial charge in [0, 0.05) is 6.54 Å². The summed E-state index contributed by atoms with van der Waals surface area (Å²) < 4.78 is 5.47. The normalized spacial score (nSPS) is 10.4. The maximum absolute atomic E-state index is 5.81. The highest BCUT2D eigenvalue weighted by Crippen LogP contribution is 2.12. The standard InChI is InChI=1S/C12H21ClN4O/c1-3-5-6-7-9-18-12-16-10(13)15-11(17-12)14-8-4-2/h3-9H2,1-2H3,(H,14,15,16,17). The van der Waals surface area contributed by atoms with Crippen LogP contribution in [0.15, 0.2) is 0 Å². The Hall–Kier alpha value is -1.10. The fourth-order valence-electron chi connectivity index (χ4n) is 1.40. The van der Waals surface area contributed by atoms with Crippen molar-refractivity contribution in [1.82, 2.24) is 15.0 Å². The highest BCUT2D eigenvalue weighted by Gasteiger charge is 2.05. The van der Waals surface area contributed by atoms with Crippen molar-refractivity contribution >= 4 is 17.5 Å². The first-order chi connectivity index (χ1) is 8.76. The van der Waals surface area contributed by atoms with E-state index in [4.69, 9.17) is 16.3 Å². The molecule has 0 saturated carbocycles. The summed E-state index contributed by atoms with van der Waals surface area (Å²) in [4.78, 5) is 12.1. The first-order valence-corrected chi connectivity index (χ1v) is 6.92. The second-order valence-corrected chi connectivity index (χ2v) is 4.38. The Morgan fingerprint density at radius 2 is 1.89 bits per heavy atom. The Balaban J connectivity index is 2.41. The zero-order valence-electron chi connectivity index (χ0n) is 11.1. The van der Waals surface area contributed by atoms with E-state index in [1.165, 1.54) is 12.8 Å². The van der Waals surface area contributed by atoms with Gasteiger partial charge in [-0.05, 0) is 24.4 Å². The highest BCUT2D eigenvalue weighted by molar-refractivity contribution is 6.28. The molecular weight excluding hydrogens is 252 g/mol. The average molecular weight is 273 g/mol. The second kappa shape index (κ2) is 8.91. The SMILES string of the molecule is CCCCCCOc1nc(Cl)nc(NCCC)n1. The Morgan fingerprint density at radius 1 is 1.06 bits per heavy atom. The number of aromatic nitrogens is 3. The van der Waals surface area contributed by atoms with Gasteiger partial charge in [-0.1, -0.05) is 33.1 Å². The minimum absolute atomic E-state index is 0.159. The van der Waals surface area contributed by atoms with Crippen LogP contribution in [-0.2, 0) is 0 Å². The molecule has 0 fully saturated rings. The quantitative estimate of drug-likeness (QED) is 0.699. The van der Waals surface area contributed by atoms with Gasteiger partial charge in [-0.3, -0.25) is 0 Å². The summed E-state index contributed by atoms with van der Waals surface area (Å²) in [7, 11) is 0. The number of halogens is 1. The minimum atomic E-state index is 0.159. The van der Waals surface area contributed by atoms with Crippen molar-refractivity contribution in [2.45, 2.75) is 46.0 Å². The largest absolute Gasteiger partial charge is 0.463 e. The van der Waals surface area contributed by atoms with E-state index in [1.54, 1.807) is 0 Å². The summed E-state index contributed by atoms with van der Waals surface area (Å²) in [6, 6.07) is 0.296. The molecule has 1 aromatic heterocycles. The van der Waals surface area contributed by atoms with E-state index >= 15 is 0 Å². The summed E-state index contributed by atoms with van der Waals surface area (Å²) in [5, 5.41) is 3.22. The molecule has 1 aromatic rings. The number of anilines is 1. The van der Waals surface area contributed by atoms with Crippen molar-refractivity contribution in [3.8, 4) is 6.01 Å². The molecule has 0 aromatic carbocycles. The third kappa shape index (κ3) is 6.00. The van der Waals surface area contributed by atoms with Gasteiger partial charge < -0.3 is 10.1 Å². The molecular formula is C12H21ClN4O. The molecule has 0 spiro atoms. The van der Waals surface area contributed by atoms with E-state index in [1.807, 2.05) is 0 Å². The third-order valence-corrected chi connectivity index (χ3v) is 2.52. The molecule has 18 heavy (non-hydrogen) atoms. The molecule has 102 valence electrons. The molecule has 0 atom stereocenters. The third-order valence-electron chi connectivity index (χ3n) is 2.35. The van der Waals surface area contributed by atoms with Gasteiger partial charge in [0.05, 0.1) is 6.61 Å². The molecule has 0 aliphatic carbocycles. The highest BCUT2D eigenvalue weighted by atomic mass is 35.5. The number of nitrogens with one attached hydrogen (secondary N) is 1. The first-order valence-electron chi connectivity index (χ1n) is 6.54. The number of hydrogen-bond acceptors (Lipinski definition) is 5. The molecule has 0 radical (unpaired) electrons. The van der Waals surface area contributed by atoms with Crippen molar-refractivity contribution in [3.05, 3.63) is 5.28 Å². The smallest absolute Gasteiger partial charge is 0.322 e. The molecule has 1 heterocycles. The van der Waals surface area contributed by atoms with Gasteiger partial charge in [0.25, 0.3) is 0 Å². The van der Waals surface area contributed by atoms with Crippen LogP contribution in [0.1, 0.15) is 46.0 Å². The van der Waals surface area contributed by atoms with Crippen LogP contribution in [0.3, 0.4) is 0 Å². The van der Waals surface area contributed by atoms with Gasteiger partial charge in [-0.2, -0.15) is 15.0 Å². The molecule has 5 nitrogen and oxygen atoms in total. The lowest BCUT2D eigenvalue weighted by molar-refractivity contribution is 0.281. The van der Waals surface area contributed by atoms with Gasteiger partial charge >= 0.3 is 6.01 Å². The van der Waals surface area contributed by atoms with E-state index in [2.05, 4.69) is 34.1 Å². The molecule has 0 saturated heterocycles. The topological polar surface area (TPSA) is 59.9 Å². The van der Waals surface area contributed by atoms with Gasteiger partial charge in [0.2, 0.25) is 11.2 Å². The zero-order chi connectivity index (χ0) is 13.2. The number of nitrogens with zero attached hydrogens (tertiary/aromatic N) is 3. The Kier molecular flexibility index (Phi) is 7.41. The lowest BCUT2D eigenvalue weighted by Crippen LogP contribution is -2.08. The number of rotatable bonds is 9. The van der Waals surface area contributed by atoms with Crippen molar-refractivity contribution in [1.29, 1.82) is 0 Å². The molecule has 6 heteroatoms. The van der Waals surface area contributed by atoms with Crippen LogP contribution in [0.25, 0.3) is 0 Å². The molecule has 0 aliphatic heterocycles. The summed E-state index contributed by atoms with van der Waals surface area (Å²) in [6.07, 6.45) is 5.61. The van der Waals surface area contributed by atoms with Crippen LogP contribution in [0.2, 0.25) is 5.28 Å². The molecule has 1 rings (SSSR count). The maximum atomic E-state index is 5.81. The van der Waals surface area contributed by atoms with Crippen molar-refractivity contribution in [2.75, 3.05) is 18.5 Å². The summed E-state index contributed by atoms with van der Waals surface area (Å²) >= 11 is 5.81. The van der Waals surface area contributed by atoms with Crippen LogP contribution in [0.4, 0.5) is 5.95 Å². The second-order valence-electron chi connectivity index (χ2n) is 4.05. The van der Waals surface area contributed by atoms with E-state index in [0.29, 0.717) is 18.6 Å². The molecule has 1 N–H and O–H groups in total. The number of hydrogen-bond donors (Lipinski definition) is 1. The van der Waals surface area contributed by atoms with Gasteiger partial charge in [-0.15, -0.1) is 0 Å². The van der Waals surface area contributed by atoms with Gasteiger partial charge in [0.1, 0.15) is 0 Å². The van der Waals surface area contributed by atoms with Crippen molar-refractivity contribution in [3.63, 3.8) is 0 Å². The van der Waals surface area contributed by atoms with E-state index < -0.39 is 0 Å². The predicted octanol–water partition coefficient (Wildman–Crippen LogP) is 3.31. The van der Waals surface area contributed by atoms with Crippen LogP contribution >= 0.6 is 11.6 Å². The Labute approximate surface area is 113 Å². The van der Waals surface area contributed by atoms with Crippen LogP contribution < -0.4 is 10.1 Å². The predicted molar refractivity (Wildman–Crippen MR) is 73.3 cm³/mol. The van der Waals surface area contributed by atoms with Gasteiger partial charge in [0.15, 0.2) is 0 Å². The van der Waals surface area contributed by atoms with E-state index in [9.17, 15) is 0 Å². The maximum Gasteiger partial charge on any atom is 0.322 e. The van der Waals surface area contributed by atoms with Crippen LogP contribution in [0, 0.1) is 0 Å². The van der Waals surface area contributed by atoms with Crippen molar-refractivity contribution in [2.24, 2.45) is 0 Å². The molecule has 0 unspecified atom stereocenters. The molecule has 0 amide bonds. The van der Waals surface area contributed by atoms with Crippen LogP contribution in [-0.4, -0.2) is 28.1 Å². The summed E-state index contributed by atoms with van der Waals surface area (Å²) in [5.74, 6) is 0.473. The van der Waals surface area contributed by atoms with Gasteiger partial charge in [-0.25, -0.2) is 0 Å². The number of unbranched alkanes of at least 4 members (excludes halogenated alkanes) is 3. The lowest BCUT2D eigenvalue weighted by Gasteiger charge is -2.07. The number of ether oxygens (including phenoxy) is 1. The van der Waals surface area contributed by atoms with Crippen LogP contribution in [0.5, 0.6) is 6.01 Å². The Bertz CT molecular complexity index is 349. The summed E-state index contributed by atoms with van der Waals surface area (Å²) in [6.45, 7) is 5.67. The average Bonchev–Trinajstić information content (AvgIpc) is 2.35. The monoisotopic (exact) mass is 272 g/mol. The van der Waals surface area contributed by atoms with E-state index in [0.717, 1.165) is 25.8 Å². The van der Waals surface area contributed by atoms with Crippen molar-refractivity contribution < 1.29 is 4.74 Å². The fraction of sp³-hybridized carbons (Fsp3) is 0.750. The molecule has 0 bridgehead atoms. The fourth-order valence-corrected chi connectivity index (χ4v) is 1.56. The molecule has 0 aliphatic rings. The minimum Gasteiger partial charge on any atom is -0.463 e. The Morgan fingerprint density at radius 3 is 2.61 bits per heavy atom. The lowest BCUT2D eigenvalue weighted by atomic mass is 10.2. The van der Waals surface area contributed by atoms with E-state index in [-0.39, 0.29) is 5.28 Å². The first kappa shape index (κ1) is 15.0. The summed E-state index contributed by atoms with van der Waals surface area (Å²) in [5.41, 5.74) is 0. The zero-order valence-corrected chi connectivity index (χ0v) is 11.8.